The molecule has 0 unspecified atom stereocenters. The standard InChI is InChI=1S/C16H20BrNO2/c1-13-5-6-14(10-16(13)17)11-18-7-3-8-19-12-15-4-2-9-20-15/h2,4-6,9-10,18H,3,7-8,11-12H2,1H3. The lowest BCUT2D eigenvalue weighted by atomic mass is 10.1. The topological polar surface area (TPSA) is 34.4 Å². The second-order valence-electron chi connectivity index (χ2n) is 4.75. The van der Waals surface area contributed by atoms with Gasteiger partial charge in [0.15, 0.2) is 0 Å². The van der Waals surface area contributed by atoms with Gasteiger partial charge in [0.05, 0.1) is 6.26 Å². The van der Waals surface area contributed by atoms with Crippen molar-refractivity contribution in [2.24, 2.45) is 0 Å². The van der Waals surface area contributed by atoms with Crippen LogP contribution in [0.5, 0.6) is 0 Å². The summed E-state index contributed by atoms with van der Waals surface area (Å²) in [5, 5.41) is 3.42. The molecule has 0 saturated heterocycles. The van der Waals surface area contributed by atoms with Gasteiger partial charge < -0.3 is 14.5 Å². The first kappa shape index (κ1) is 15.3. The summed E-state index contributed by atoms with van der Waals surface area (Å²) in [5.41, 5.74) is 2.55. The molecule has 3 nitrogen and oxygen atoms in total. The van der Waals surface area contributed by atoms with Crippen molar-refractivity contribution in [1.82, 2.24) is 5.32 Å². The number of hydrogen-bond acceptors (Lipinski definition) is 3. The maximum Gasteiger partial charge on any atom is 0.129 e. The highest BCUT2D eigenvalue weighted by Crippen LogP contribution is 2.17. The Balaban J connectivity index is 1.54. The van der Waals surface area contributed by atoms with Gasteiger partial charge in [0.1, 0.15) is 12.4 Å². The molecule has 0 amide bonds. The Morgan fingerprint density at radius 2 is 2.20 bits per heavy atom. The summed E-state index contributed by atoms with van der Waals surface area (Å²) in [4.78, 5) is 0. The molecular weight excluding hydrogens is 318 g/mol. The molecule has 2 rings (SSSR count). The SMILES string of the molecule is Cc1ccc(CNCCCOCc2ccco2)cc1Br. The summed E-state index contributed by atoms with van der Waals surface area (Å²) in [5.74, 6) is 0.877. The molecule has 1 aromatic carbocycles. The van der Waals surface area contributed by atoms with Gasteiger partial charge in [-0.1, -0.05) is 28.1 Å². The van der Waals surface area contributed by atoms with Crippen molar-refractivity contribution >= 4 is 15.9 Å². The van der Waals surface area contributed by atoms with Crippen LogP contribution in [0.2, 0.25) is 0 Å². The van der Waals surface area contributed by atoms with Crippen molar-refractivity contribution in [2.45, 2.75) is 26.5 Å². The van der Waals surface area contributed by atoms with E-state index >= 15 is 0 Å². The quantitative estimate of drug-likeness (QED) is 0.738. The summed E-state index contributed by atoms with van der Waals surface area (Å²) in [7, 11) is 0. The van der Waals surface area contributed by atoms with Gasteiger partial charge in [-0.2, -0.15) is 0 Å². The highest BCUT2D eigenvalue weighted by atomic mass is 79.9. The third-order valence-corrected chi connectivity index (χ3v) is 3.89. The number of benzene rings is 1. The molecule has 108 valence electrons. The lowest BCUT2D eigenvalue weighted by molar-refractivity contribution is 0.104. The zero-order valence-corrected chi connectivity index (χ0v) is 13.3. The minimum absolute atomic E-state index is 0.553. The van der Waals surface area contributed by atoms with E-state index in [2.05, 4.69) is 46.4 Å². The van der Waals surface area contributed by atoms with Crippen molar-refractivity contribution in [3.8, 4) is 0 Å². The van der Waals surface area contributed by atoms with Crippen LogP contribution in [0.1, 0.15) is 23.3 Å². The largest absolute Gasteiger partial charge is 0.467 e. The predicted molar refractivity (Wildman–Crippen MR) is 83.6 cm³/mol. The smallest absolute Gasteiger partial charge is 0.129 e. The molecule has 20 heavy (non-hydrogen) atoms. The summed E-state index contributed by atoms with van der Waals surface area (Å²) >= 11 is 3.55. The lowest BCUT2D eigenvalue weighted by Crippen LogP contribution is -2.16. The fourth-order valence-electron chi connectivity index (χ4n) is 1.85. The monoisotopic (exact) mass is 337 g/mol. The van der Waals surface area contributed by atoms with Crippen LogP contribution in [0.4, 0.5) is 0 Å². The lowest BCUT2D eigenvalue weighted by Gasteiger charge is -2.07. The van der Waals surface area contributed by atoms with E-state index in [1.165, 1.54) is 15.6 Å². The molecule has 0 aliphatic rings. The molecule has 2 aromatic rings. The van der Waals surface area contributed by atoms with Gasteiger partial charge in [-0.15, -0.1) is 0 Å². The van der Waals surface area contributed by atoms with Gasteiger partial charge in [-0.25, -0.2) is 0 Å². The number of furan rings is 1. The van der Waals surface area contributed by atoms with E-state index in [4.69, 9.17) is 9.15 Å². The molecule has 0 radical (unpaired) electrons. The average Bonchev–Trinajstić information content (AvgIpc) is 2.95. The van der Waals surface area contributed by atoms with Crippen molar-refractivity contribution < 1.29 is 9.15 Å². The molecule has 0 fully saturated rings. The molecule has 1 heterocycles. The summed E-state index contributed by atoms with van der Waals surface area (Å²) in [6.45, 7) is 5.22. The maximum absolute atomic E-state index is 5.52. The molecule has 0 aliphatic carbocycles. The normalized spacial score (nSPS) is 10.9. The minimum Gasteiger partial charge on any atom is -0.467 e. The molecule has 1 N–H and O–H groups in total. The third-order valence-electron chi connectivity index (χ3n) is 3.03. The Kier molecular flexibility index (Phi) is 6.30. The van der Waals surface area contributed by atoms with Crippen LogP contribution in [-0.4, -0.2) is 13.2 Å². The molecular formula is C16H20BrNO2. The van der Waals surface area contributed by atoms with Gasteiger partial charge >= 0.3 is 0 Å². The van der Waals surface area contributed by atoms with E-state index in [-0.39, 0.29) is 0 Å². The van der Waals surface area contributed by atoms with Crippen molar-refractivity contribution in [3.63, 3.8) is 0 Å². The van der Waals surface area contributed by atoms with Crippen molar-refractivity contribution in [2.75, 3.05) is 13.2 Å². The van der Waals surface area contributed by atoms with E-state index in [0.717, 1.165) is 31.9 Å². The number of ether oxygens (including phenoxy) is 1. The van der Waals surface area contributed by atoms with Crippen LogP contribution in [0.3, 0.4) is 0 Å². The summed E-state index contributed by atoms with van der Waals surface area (Å²) in [6, 6.07) is 10.2. The molecule has 0 bridgehead atoms. The van der Waals surface area contributed by atoms with Crippen LogP contribution in [0.15, 0.2) is 45.5 Å². The number of hydrogen-bond donors (Lipinski definition) is 1. The second kappa shape index (κ2) is 8.25. The Morgan fingerprint density at radius 1 is 1.30 bits per heavy atom. The Labute approximate surface area is 128 Å². The number of halogens is 1. The van der Waals surface area contributed by atoms with E-state index in [1.807, 2.05) is 12.1 Å². The van der Waals surface area contributed by atoms with Crippen LogP contribution in [0.25, 0.3) is 0 Å². The second-order valence-corrected chi connectivity index (χ2v) is 5.60. The highest BCUT2D eigenvalue weighted by Gasteiger charge is 1.98. The maximum atomic E-state index is 5.52. The average molecular weight is 338 g/mol. The van der Waals surface area contributed by atoms with Gasteiger partial charge in [0.2, 0.25) is 0 Å². The first-order valence-corrected chi connectivity index (χ1v) is 7.61. The number of nitrogens with one attached hydrogen (secondary N) is 1. The van der Waals surface area contributed by atoms with Crippen LogP contribution >= 0.6 is 15.9 Å². The van der Waals surface area contributed by atoms with E-state index in [1.54, 1.807) is 6.26 Å². The van der Waals surface area contributed by atoms with E-state index in [0.29, 0.717) is 6.61 Å². The Hall–Kier alpha value is -1.10. The van der Waals surface area contributed by atoms with Crippen LogP contribution in [-0.2, 0) is 17.9 Å². The first-order chi connectivity index (χ1) is 9.75. The van der Waals surface area contributed by atoms with Crippen LogP contribution in [0, 0.1) is 6.92 Å². The molecule has 1 aromatic heterocycles. The van der Waals surface area contributed by atoms with Gasteiger partial charge in [0, 0.05) is 17.6 Å². The Morgan fingerprint density at radius 3 is 2.95 bits per heavy atom. The predicted octanol–water partition coefficient (Wildman–Crippen LogP) is 4.05. The van der Waals surface area contributed by atoms with Gasteiger partial charge in [-0.05, 0) is 49.2 Å². The third kappa shape index (κ3) is 5.12. The Bertz CT molecular complexity index is 511. The van der Waals surface area contributed by atoms with E-state index < -0.39 is 0 Å². The highest BCUT2D eigenvalue weighted by molar-refractivity contribution is 9.10. The van der Waals surface area contributed by atoms with E-state index in [9.17, 15) is 0 Å². The number of rotatable bonds is 8. The van der Waals surface area contributed by atoms with Gasteiger partial charge in [0.25, 0.3) is 0 Å². The molecule has 0 aliphatic heterocycles. The molecule has 0 atom stereocenters. The van der Waals surface area contributed by atoms with Crippen molar-refractivity contribution in [1.29, 1.82) is 0 Å². The van der Waals surface area contributed by atoms with Gasteiger partial charge in [-0.3, -0.25) is 0 Å². The van der Waals surface area contributed by atoms with Crippen LogP contribution < -0.4 is 5.32 Å². The summed E-state index contributed by atoms with van der Waals surface area (Å²) in [6.07, 6.45) is 2.66. The number of aryl methyl sites for hydroxylation is 1. The fraction of sp³-hybridized carbons (Fsp3) is 0.375. The van der Waals surface area contributed by atoms with Crippen molar-refractivity contribution in [3.05, 3.63) is 58.0 Å². The zero-order valence-electron chi connectivity index (χ0n) is 11.7. The minimum atomic E-state index is 0.553. The molecule has 0 spiro atoms. The summed E-state index contributed by atoms with van der Waals surface area (Å²) < 4.78 is 11.9. The zero-order chi connectivity index (χ0) is 14.2. The fourth-order valence-corrected chi connectivity index (χ4v) is 2.27. The first-order valence-electron chi connectivity index (χ1n) is 6.81. The molecule has 4 heteroatoms. The molecule has 0 saturated carbocycles.